The van der Waals surface area contributed by atoms with Gasteiger partial charge in [0.25, 0.3) is 5.91 Å². The van der Waals surface area contributed by atoms with E-state index in [1.807, 2.05) is 0 Å². The van der Waals surface area contributed by atoms with E-state index in [9.17, 15) is 20.1 Å². The zero-order valence-corrected chi connectivity index (χ0v) is 9.85. The number of para-hydroxylation sites is 1. The van der Waals surface area contributed by atoms with E-state index in [-0.39, 0.29) is 23.1 Å². The molecule has 2 aliphatic rings. The maximum atomic E-state index is 12.0. The van der Waals surface area contributed by atoms with Crippen LogP contribution in [0.15, 0.2) is 36.0 Å². The number of aromatic hydroxyl groups is 1. The van der Waals surface area contributed by atoms with Gasteiger partial charge in [0.1, 0.15) is 30.2 Å². The number of benzene rings is 1. The van der Waals surface area contributed by atoms with Crippen LogP contribution in [-0.4, -0.2) is 45.6 Å². The van der Waals surface area contributed by atoms with Crippen LogP contribution in [0, 0.1) is 0 Å². The average molecular weight is 263 g/mol. The minimum absolute atomic E-state index is 0.101. The van der Waals surface area contributed by atoms with E-state index >= 15 is 0 Å². The first-order chi connectivity index (χ1) is 9.08. The van der Waals surface area contributed by atoms with Crippen molar-refractivity contribution in [1.82, 2.24) is 5.32 Å². The van der Waals surface area contributed by atoms with Gasteiger partial charge in [-0.15, -0.1) is 0 Å². The van der Waals surface area contributed by atoms with Gasteiger partial charge >= 0.3 is 0 Å². The monoisotopic (exact) mass is 263 g/mol. The number of carbonyl (C=O) groups is 1. The van der Waals surface area contributed by atoms with Crippen molar-refractivity contribution in [2.75, 3.05) is 0 Å². The Balaban J connectivity index is 1.78. The van der Waals surface area contributed by atoms with E-state index in [1.165, 1.54) is 18.2 Å². The number of rotatable bonds is 2. The number of hydrogen-bond donors (Lipinski definition) is 4. The SMILES string of the molecule is O=C(NC1=CC(O)C2OC2C1O)c1ccccc1O. The fraction of sp³-hybridized carbons (Fsp3) is 0.308. The first-order valence-electron chi connectivity index (χ1n) is 5.90. The molecule has 6 heteroatoms. The van der Waals surface area contributed by atoms with Gasteiger partial charge < -0.3 is 25.4 Å². The summed E-state index contributed by atoms with van der Waals surface area (Å²) in [5.74, 6) is -0.693. The first-order valence-corrected chi connectivity index (χ1v) is 5.90. The summed E-state index contributed by atoms with van der Waals surface area (Å²) >= 11 is 0. The number of nitrogens with one attached hydrogen (secondary N) is 1. The summed E-state index contributed by atoms with van der Waals surface area (Å²) in [4.78, 5) is 12.0. The van der Waals surface area contributed by atoms with Crippen LogP contribution in [-0.2, 0) is 4.74 Å². The highest BCUT2D eigenvalue weighted by atomic mass is 16.6. The van der Waals surface area contributed by atoms with Crippen molar-refractivity contribution in [2.24, 2.45) is 0 Å². The minimum atomic E-state index is -0.969. The van der Waals surface area contributed by atoms with Gasteiger partial charge in [0.2, 0.25) is 0 Å². The maximum absolute atomic E-state index is 12.0. The molecule has 3 rings (SSSR count). The number of aliphatic hydroxyl groups excluding tert-OH is 2. The van der Waals surface area contributed by atoms with Crippen molar-refractivity contribution >= 4 is 5.91 Å². The Bertz CT molecular complexity index is 556. The van der Waals surface area contributed by atoms with Crippen molar-refractivity contribution in [2.45, 2.75) is 24.4 Å². The normalized spacial score (nSPS) is 32.2. The molecule has 1 aliphatic heterocycles. The number of phenols is 1. The highest BCUT2D eigenvalue weighted by molar-refractivity contribution is 5.97. The number of aliphatic hydroxyl groups is 2. The standard InChI is InChI=1S/C13H13NO5/c15-8-4-2-1-3-6(8)13(18)14-7-5-9(16)11-12(19-11)10(7)17/h1-5,9-12,15-17H,(H,14,18). The van der Waals surface area contributed by atoms with Gasteiger partial charge in [0, 0.05) is 5.70 Å². The Morgan fingerprint density at radius 1 is 1.21 bits per heavy atom. The highest BCUT2D eigenvalue weighted by Crippen LogP contribution is 2.35. The number of fused-ring (bicyclic) bond motifs is 1. The van der Waals surface area contributed by atoms with Gasteiger partial charge in [-0.1, -0.05) is 12.1 Å². The lowest BCUT2D eigenvalue weighted by molar-refractivity contribution is 0.0931. The molecule has 4 unspecified atom stereocenters. The summed E-state index contributed by atoms with van der Waals surface area (Å²) < 4.78 is 5.09. The molecule has 0 radical (unpaired) electrons. The topological polar surface area (TPSA) is 102 Å². The van der Waals surface area contributed by atoms with Crippen LogP contribution in [0.25, 0.3) is 0 Å². The van der Waals surface area contributed by atoms with Crippen molar-refractivity contribution < 1.29 is 24.9 Å². The van der Waals surface area contributed by atoms with Crippen molar-refractivity contribution in [3.05, 3.63) is 41.6 Å². The van der Waals surface area contributed by atoms with Gasteiger partial charge in [0.05, 0.1) is 5.56 Å². The van der Waals surface area contributed by atoms with Crippen molar-refractivity contribution in [3.63, 3.8) is 0 Å². The summed E-state index contributed by atoms with van der Waals surface area (Å²) in [5.41, 5.74) is 0.295. The Kier molecular flexibility index (Phi) is 2.78. The Morgan fingerprint density at radius 3 is 2.68 bits per heavy atom. The largest absolute Gasteiger partial charge is 0.507 e. The van der Waals surface area contributed by atoms with E-state index in [4.69, 9.17) is 4.74 Å². The molecule has 4 N–H and O–H groups in total. The Labute approximate surface area is 108 Å². The maximum Gasteiger partial charge on any atom is 0.259 e. The lowest BCUT2D eigenvalue weighted by Gasteiger charge is -2.20. The summed E-state index contributed by atoms with van der Waals surface area (Å²) in [6, 6.07) is 6.09. The second-order valence-electron chi connectivity index (χ2n) is 4.59. The van der Waals surface area contributed by atoms with Crippen LogP contribution in [0.3, 0.4) is 0 Å². The number of amides is 1. The molecule has 0 bridgehead atoms. The lowest BCUT2D eigenvalue weighted by Crippen LogP contribution is -2.38. The molecule has 4 atom stereocenters. The predicted octanol–water partition coefficient (Wildman–Crippen LogP) is -0.491. The van der Waals surface area contributed by atoms with Crippen molar-refractivity contribution in [1.29, 1.82) is 0 Å². The van der Waals surface area contributed by atoms with Crippen LogP contribution in [0.2, 0.25) is 0 Å². The molecule has 1 aliphatic carbocycles. The van der Waals surface area contributed by atoms with Crippen LogP contribution in [0.4, 0.5) is 0 Å². The summed E-state index contributed by atoms with van der Waals surface area (Å²) in [5, 5.41) is 31.6. The highest BCUT2D eigenvalue weighted by Gasteiger charge is 2.52. The second-order valence-corrected chi connectivity index (χ2v) is 4.59. The molecule has 1 aromatic rings. The molecule has 1 fully saturated rings. The van der Waals surface area contributed by atoms with Crippen LogP contribution >= 0.6 is 0 Å². The molecule has 0 saturated carbocycles. The Morgan fingerprint density at radius 2 is 1.95 bits per heavy atom. The third-order valence-electron chi connectivity index (χ3n) is 3.28. The third kappa shape index (κ3) is 2.10. The van der Waals surface area contributed by atoms with Crippen LogP contribution in [0.1, 0.15) is 10.4 Å². The molecule has 19 heavy (non-hydrogen) atoms. The molecular formula is C13H13NO5. The lowest BCUT2D eigenvalue weighted by atomic mass is 9.99. The predicted molar refractivity (Wildman–Crippen MR) is 64.3 cm³/mol. The molecule has 1 aromatic carbocycles. The molecule has 6 nitrogen and oxygen atoms in total. The number of phenolic OH excluding ortho intramolecular Hbond substituents is 1. The fourth-order valence-electron chi connectivity index (χ4n) is 2.20. The summed E-state index contributed by atoms with van der Waals surface area (Å²) in [6.45, 7) is 0. The van der Waals surface area contributed by atoms with Gasteiger partial charge in [0.15, 0.2) is 0 Å². The smallest absolute Gasteiger partial charge is 0.259 e. The molecule has 1 saturated heterocycles. The molecule has 0 spiro atoms. The van der Waals surface area contributed by atoms with E-state index in [0.29, 0.717) is 0 Å². The van der Waals surface area contributed by atoms with E-state index in [1.54, 1.807) is 12.1 Å². The number of hydrogen-bond acceptors (Lipinski definition) is 5. The molecular weight excluding hydrogens is 250 g/mol. The van der Waals surface area contributed by atoms with E-state index in [0.717, 1.165) is 0 Å². The van der Waals surface area contributed by atoms with Gasteiger partial charge in [-0.05, 0) is 18.2 Å². The quantitative estimate of drug-likeness (QED) is 0.539. The average Bonchev–Trinajstić information content (AvgIpc) is 3.17. The zero-order chi connectivity index (χ0) is 13.6. The summed E-state index contributed by atoms with van der Waals surface area (Å²) in [7, 11) is 0. The molecule has 1 heterocycles. The Hall–Kier alpha value is -1.89. The molecule has 1 amide bonds. The number of epoxide rings is 1. The fourth-order valence-corrected chi connectivity index (χ4v) is 2.20. The summed E-state index contributed by atoms with van der Waals surface area (Å²) in [6.07, 6.45) is -1.31. The zero-order valence-electron chi connectivity index (χ0n) is 9.85. The number of ether oxygens (including phenoxy) is 1. The number of carbonyl (C=O) groups excluding carboxylic acids is 1. The van der Waals surface area contributed by atoms with Gasteiger partial charge in [-0.3, -0.25) is 4.79 Å². The first kappa shape index (κ1) is 12.2. The van der Waals surface area contributed by atoms with E-state index < -0.39 is 24.2 Å². The van der Waals surface area contributed by atoms with Crippen molar-refractivity contribution in [3.8, 4) is 5.75 Å². The van der Waals surface area contributed by atoms with Crippen LogP contribution in [0.5, 0.6) is 5.75 Å². The second kappa shape index (κ2) is 4.34. The van der Waals surface area contributed by atoms with Gasteiger partial charge in [-0.25, -0.2) is 0 Å². The molecule has 100 valence electrons. The van der Waals surface area contributed by atoms with E-state index in [2.05, 4.69) is 5.32 Å². The third-order valence-corrected chi connectivity index (χ3v) is 3.28. The van der Waals surface area contributed by atoms with Crippen LogP contribution < -0.4 is 5.32 Å². The minimum Gasteiger partial charge on any atom is -0.507 e. The van der Waals surface area contributed by atoms with Gasteiger partial charge in [-0.2, -0.15) is 0 Å². The molecule has 0 aromatic heterocycles.